The Labute approximate surface area is 125 Å². The van der Waals surface area contributed by atoms with Gasteiger partial charge in [0.2, 0.25) is 0 Å². The summed E-state index contributed by atoms with van der Waals surface area (Å²) in [5.74, 6) is -1.78. The highest BCUT2D eigenvalue weighted by Crippen LogP contribution is 2.29. The molecule has 0 aliphatic heterocycles. The van der Waals surface area contributed by atoms with E-state index < -0.39 is 23.6 Å². The first-order valence-electron chi connectivity index (χ1n) is 6.68. The second kappa shape index (κ2) is 8.38. The fraction of sp³-hybridized carbons (Fsp3) is 0.429. The number of alkyl halides is 3. The minimum absolute atomic E-state index is 0.113. The lowest BCUT2D eigenvalue weighted by Crippen LogP contribution is -2.36. The Morgan fingerprint density at radius 2 is 1.77 bits per heavy atom. The van der Waals surface area contributed by atoms with Gasteiger partial charge in [-0.25, -0.2) is 0 Å². The molecular weight excluding hydrogens is 301 g/mol. The molecule has 1 rings (SSSR count). The Morgan fingerprint density at radius 3 is 2.32 bits per heavy atom. The highest BCUT2D eigenvalue weighted by atomic mass is 19.4. The first kappa shape index (κ1) is 18.0. The van der Waals surface area contributed by atoms with E-state index in [2.05, 4.69) is 10.6 Å². The number of ether oxygens (including phenoxy) is 1. The molecule has 0 aliphatic carbocycles. The van der Waals surface area contributed by atoms with Crippen LogP contribution < -0.4 is 10.6 Å². The summed E-state index contributed by atoms with van der Waals surface area (Å²) in [6.07, 6.45) is -3.88. The standard InChI is InChI=1S/C14H17F3N2O3/c1-2-22-9-3-8-18-12(20)13(21)19-11-6-4-10(5-7-11)14(15,16)17/h4-7H,2-3,8-9H2,1H3,(H,18,20)(H,19,21). The minimum Gasteiger partial charge on any atom is -0.382 e. The van der Waals surface area contributed by atoms with Crippen molar-refractivity contribution in [2.24, 2.45) is 0 Å². The number of hydrogen-bond acceptors (Lipinski definition) is 3. The maximum Gasteiger partial charge on any atom is 0.416 e. The number of amides is 2. The molecule has 22 heavy (non-hydrogen) atoms. The molecule has 8 heteroatoms. The molecule has 2 amide bonds. The zero-order valence-electron chi connectivity index (χ0n) is 12.0. The summed E-state index contributed by atoms with van der Waals surface area (Å²) in [6, 6.07) is 3.83. The number of benzene rings is 1. The van der Waals surface area contributed by atoms with Crippen LogP contribution in [-0.2, 0) is 20.5 Å². The van der Waals surface area contributed by atoms with E-state index in [0.717, 1.165) is 24.3 Å². The molecular formula is C14H17F3N2O3. The van der Waals surface area contributed by atoms with Crippen molar-refractivity contribution < 1.29 is 27.5 Å². The van der Waals surface area contributed by atoms with E-state index in [0.29, 0.717) is 19.6 Å². The second-order valence-electron chi connectivity index (χ2n) is 4.34. The van der Waals surface area contributed by atoms with E-state index in [4.69, 9.17) is 4.74 Å². The summed E-state index contributed by atoms with van der Waals surface area (Å²) in [5.41, 5.74) is -0.714. The molecule has 1 aromatic carbocycles. The predicted octanol–water partition coefficient (Wildman–Crippen LogP) is 2.19. The average molecular weight is 318 g/mol. The van der Waals surface area contributed by atoms with Crippen LogP contribution in [0.1, 0.15) is 18.9 Å². The lowest BCUT2D eigenvalue weighted by atomic mass is 10.2. The van der Waals surface area contributed by atoms with Gasteiger partial charge in [0.05, 0.1) is 5.56 Å². The molecule has 0 saturated heterocycles. The molecule has 0 heterocycles. The van der Waals surface area contributed by atoms with Crippen molar-refractivity contribution in [2.75, 3.05) is 25.1 Å². The van der Waals surface area contributed by atoms with E-state index >= 15 is 0 Å². The summed E-state index contributed by atoms with van der Waals surface area (Å²) in [6.45, 7) is 3.16. The molecule has 0 aliphatic rings. The van der Waals surface area contributed by atoms with Gasteiger partial charge < -0.3 is 15.4 Å². The van der Waals surface area contributed by atoms with Crippen LogP contribution in [0.4, 0.5) is 18.9 Å². The molecule has 122 valence electrons. The summed E-state index contributed by atoms with van der Waals surface area (Å²) < 4.78 is 42.2. The van der Waals surface area contributed by atoms with Crippen molar-refractivity contribution >= 4 is 17.5 Å². The maximum atomic E-state index is 12.4. The van der Waals surface area contributed by atoms with Gasteiger partial charge in [0.25, 0.3) is 0 Å². The first-order valence-corrected chi connectivity index (χ1v) is 6.68. The second-order valence-corrected chi connectivity index (χ2v) is 4.34. The Balaban J connectivity index is 2.42. The van der Waals surface area contributed by atoms with E-state index in [1.807, 2.05) is 6.92 Å². The summed E-state index contributed by atoms with van der Waals surface area (Å²) in [5, 5.41) is 4.61. The van der Waals surface area contributed by atoms with Crippen LogP contribution in [0.25, 0.3) is 0 Å². The highest BCUT2D eigenvalue weighted by Gasteiger charge is 2.30. The van der Waals surface area contributed by atoms with Gasteiger partial charge in [0.1, 0.15) is 0 Å². The van der Waals surface area contributed by atoms with Gasteiger partial charge in [-0.3, -0.25) is 9.59 Å². The van der Waals surface area contributed by atoms with E-state index in [9.17, 15) is 22.8 Å². The van der Waals surface area contributed by atoms with E-state index in [1.54, 1.807) is 0 Å². The van der Waals surface area contributed by atoms with E-state index in [1.165, 1.54) is 0 Å². The zero-order chi connectivity index (χ0) is 16.6. The lowest BCUT2D eigenvalue weighted by molar-refractivity contribution is -0.137. The van der Waals surface area contributed by atoms with E-state index in [-0.39, 0.29) is 12.2 Å². The SMILES string of the molecule is CCOCCCNC(=O)C(=O)Nc1ccc(C(F)(F)F)cc1. The quantitative estimate of drug-likeness (QED) is 0.624. The first-order chi connectivity index (χ1) is 10.3. The number of rotatable bonds is 6. The Bertz CT molecular complexity index is 501. The van der Waals surface area contributed by atoms with Crippen LogP contribution in [0.5, 0.6) is 0 Å². The molecule has 0 aromatic heterocycles. The van der Waals surface area contributed by atoms with Crippen LogP contribution in [0, 0.1) is 0 Å². The van der Waals surface area contributed by atoms with Gasteiger partial charge >= 0.3 is 18.0 Å². The summed E-state index contributed by atoms with van der Waals surface area (Å²) in [7, 11) is 0. The molecule has 0 spiro atoms. The van der Waals surface area contributed by atoms with Gasteiger partial charge in [-0.15, -0.1) is 0 Å². The summed E-state index contributed by atoms with van der Waals surface area (Å²) >= 11 is 0. The van der Waals surface area contributed by atoms with Gasteiger partial charge in [0, 0.05) is 25.4 Å². The van der Waals surface area contributed by atoms with Crippen molar-refractivity contribution in [1.29, 1.82) is 0 Å². The van der Waals surface area contributed by atoms with Gasteiger partial charge in [-0.1, -0.05) is 0 Å². The number of halogens is 3. The topological polar surface area (TPSA) is 67.4 Å². The third kappa shape index (κ3) is 6.13. The maximum absolute atomic E-state index is 12.4. The molecule has 2 N–H and O–H groups in total. The molecule has 5 nitrogen and oxygen atoms in total. The Morgan fingerprint density at radius 1 is 1.14 bits per heavy atom. The molecule has 0 atom stereocenters. The van der Waals surface area contributed by atoms with Crippen LogP contribution in [0.2, 0.25) is 0 Å². The average Bonchev–Trinajstić information content (AvgIpc) is 2.46. The lowest BCUT2D eigenvalue weighted by Gasteiger charge is -2.09. The van der Waals surface area contributed by atoms with Crippen molar-refractivity contribution in [3.05, 3.63) is 29.8 Å². The van der Waals surface area contributed by atoms with Crippen molar-refractivity contribution in [1.82, 2.24) is 5.32 Å². The van der Waals surface area contributed by atoms with Crippen molar-refractivity contribution in [3.63, 3.8) is 0 Å². The monoisotopic (exact) mass is 318 g/mol. The highest BCUT2D eigenvalue weighted by molar-refractivity contribution is 6.39. The van der Waals surface area contributed by atoms with Gasteiger partial charge in [-0.2, -0.15) is 13.2 Å². The Hall–Kier alpha value is -2.09. The molecule has 0 unspecified atom stereocenters. The molecule has 0 fully saturated rings. The number of anilines is 1. The predicted molar refractivity (Wildman–Crippen MR) is 74.2 cm³/mol. The molecule has 0 radical (unpaired) electrons. The van der Waals surface area contributed by atoms with Gasteiger partial charge in [0.15, 0.2) is 0 Å². The zero-order valence-corrected chi connectivity index (χ0v) is 12.0. The normalized spacial score (nSPS) is 11.1. The van der Waals surface area contributed by atoms with Crippen LogP contribution in [0.15, 0.2) is 24.3 Å². The largest absolute Gasteiger partial charge is 0.416 e. The van der Waals surface area contributed by atoms with Crippen LogP contribution in [-0.4, -0.2) is 31.6 Å². The van der Waals surface area contributed by atoms with Crippen LogP contribution >= 0.6 is 0 Å². The summed E-state index contributed by atoms with van der Waals surface area (Å²) in [4.78, 5) is 23.0. The number of carbonyl (C=O) groups excluding carboxylic acids is 2. The fourth-order valence-electron chi connectivity index (χ4n) is 1.53. The molecule has 1 aromatic rings. The Kier molecular flexibility index (Phi) is 6.84. The molecule has 0 saturated carbocycles. The third-order valence-electron chi connectivity index (χ3n) is 2.63. The fourth-order valence-corrected chi connectivity index (χ4v) is 1.53. The van der Waals surface area contributed by atoms with Crippen molar-refractivity contribution in [3.8, 4) is 0 Å². The van der Waals surface area contributed by atoms with Crippen LogP contribution in [0.3, 0.4) is 0 Å². The molecule has 0 bridgehead atoms. The number of hydrogen-bond donors (Lipinski definition) is 2. The number of nitrogens with one attached hydrogen (secondary N) is 2. The minimum atomic E-state index is -4.44. The smallest absolute Gasteiger partial charge is 0.382 e. The third-order valence-corrected chi connectivity index (χ3v) is 2.63. The number of carbonyl (C=O) groups is 2. The van der Waals surface area contributed by atoms with Gasteiger partial charge in [-0.05, 0) is 37.6 Å². The van der Waals surface area contributed by atoms with Crippen molar-refractivity contribution in [2.45, 2.75) is 19.5 Å².